The van der Waals surface area contributed by atoms with Crippen LogP contribution in [0.4, 0.5) is 0 Å². The Balaban J connectivity index is 1.20. The zero-order chi connectivity index (χ0) is 36.6. The average Bonchev–Trinajstić information content (AvgIpc) is 3.46. The SMILES string of the molecule is O=C(c1ccccc1)c1ccc2c(c1)C(Cc1ccc(C(=O)C3(O)CCCCC3)cc1)(Cc1ccc(C(=O)C3(O)CCCCC3)cc1)c1ccccc1-2. The van der Waals surface area contributed by atoms with Crippen LogP contribution in [-0.2, 0) is 18.3 Å². The molecule has 53 heavy (non-hydrogen) atoms. The first-order valence-electron chi connectivity index (χ1n) is 19.3. The fourth-order valence-electron chi connectivity index (χ4n) is 9.31. The maximum absolute atomic E-state index is 13.9. The minimum Gasteiger partial charge on any atom is -0.382 e. The van der Waals surface area contributed by atoms with E-state index in [2.05, 4.69) is 36.4 Å². The van der Waals surface area contributed by atoms with Gasteiger partial charge in [0.05, 0.1) is 0 Å². The highest BCUT2D eigenvalue weighted by molar-refractivity contribution is 6.09. The molecule has 0 spiro atoms. The molecule has 2 saturated carbocycles. The summed E-state index contributed by atoms with van der Waals surface area (Å²) < 4.78 is 0. The van der Waals surface area contributed by atoms with Crippen molar-refractivity contribution >= 4 is 17.3 Å². The molecule has 0 amide bonds. The third kappa shape index (κ3) is 6.51. The standard InChI is InChI=1S/C48H46O5/c49-43(35-12-4-1-5-13-35)38-24-25-40-39-14-6-7-15-41(39)46(42(40)30-38,31-33-16-20-36(21-17-33)44(50)47(52)26-8-2-9-27-47)32-34-18-22-37(23-19-34)45(51)48(53)28-10-3-11-29-48/h1,4-7,12-25,30,52-53H,2-3,8-11,26-29,31-32H2. The summed E-state index contributed by atoms with van der Waals surface area (Å²) in [7, 11) is 0. The average molecular weight is 703 g/mol. The van der Waals surface area contributed by atoms with Crippen molar-refractivity contribution in [2.24, 2.45) is 0 Å². The smallest absolute Gasteiger partial charge is 0.194 e. The molecule has 0 aromatic heterocycles. The van der Waals surface area contributed by atoms with E-state index in [4.69, 9.17) is 0 Å². The van der Waals surface area contributed by atoms with Gasteiger partial charge < -0.3 is 10.2 Å². The number of hydrogen-bond donors (Lipinski definition) is 2. The molecule has 5 aromatic carbocycles. The molecular weight excluding hydrogens is 657 g/mol. The molecule has 0 radical (unpaired) electrons. The Morgan fingerprint density at radius 2 is 0.906 bits per heavy atom. The van der Waals surface area contributed by atoms with Crippen LogP contribution in [0.25, 0.3) is 11.1 Å². The van der Waals surface area contributed by atoms with Crippen molar-refractivity contribution in [3.05, 3.63) is 166 Å². The van der Waals surface area contributed by atoms with Gasteiger partial charge in [-0.1, -0.05) is 154 Å². The number of benzene rings is 5. The fourth-order valence-corrected chi connectivity index (χ4v) is 9.31. The van der Waals surface area contributed by atoms with E-state index in [1.165, 1.54) is 0 Å². The Morgan fingerprint density at radius 1 is 0.453 bits per heavy atom. The minimum atomic E-state index is -1.30. The van der Waals surface area contributed by atoms with Gasteiger partial charge in [0.2, 0.25) is 0 Å². The van der Waals surface area contributed by atoms with E-state index in [0.29, 0.717) is 60.8 Å². The van der Waals surface area contributed by atoms with Gasteiger partial charge >= 0.3 is 0 Å². The lowest BCUT2D eigenvalue weighted by Crippen LogP contribution is -2.40. The lowest BCUT2D eigenvalue weighted by atomic mass is 9.69. The number of carbonyl (C=O) groups excluding carboxylic acids is 3. The molecule has 0 unspecified atom stereocenters. The first-order valence-corrected chi connectivity index (χ1v) is 19.3. The summed E-state index contributed by atoms with van der Waals surface area (Å²) in [5, 5.41) is 22.4. The van der Waals surface area contributed by atoms with E-state index in [1.54, 1.807) is 0 Å². The maximum atomic E-state index is 13.9. The van der Waals surface area contributed by atoms with Gasteiger partial charge in [0.15, 0.2) is 17.3 Å². The predicted molar refractivity (Wildman–Crippen MR) is 208 cm³/mol. The first-order chi connectivity index (χ1) is 25.7. The fraction of sp³-hybridized carbons (Fsp3) is 0.312. The normalized spacial score (nSPS) is 18.1. The van der Waals surface area contributed by atoms with Crippen molar-refractivity contribution in [1.29, 1.82) is 0 Å². The topological polar surface area (TPSA) is 91.7 Å². The molecule has 3 aliphatic rings. The van der Waals surface area contributed by atoms with E-state index in [1.807, 2.05) is 84.9 Å². The van der Waals surface area contributed by atoms with Crippen molar-refractivity contribution in [2.45, 2.75) is 93.7 Å². The lowest BCUT2D eigenvalue weighted by molar-refractivity contribution is 0.0116. The molecule has 0 heterocycles. The lowest BCUT2D eigenvalue weighted by Gasteiger charge is -2.34. The van der Waals surface area contributed by atoms with E-state index >= 15 is 0 Å². The van der Waals surface area contributed by atoms with Crippen LogP contribution >= 0.6 is 0 Å². The van der Waals surface area contributed by atoms with Crippen LogP contribution in [0.2, 0.25) is 0 Å². The van der Waals surface area contributed by atoms with E-state index < -0.39 is 16.6 Å². The van der Waals surface area contributed by atoms with Crippen LogP contribution in [0.5, 0.6) is 0 Å². The summed E-state index contributed by atoms with van der Waals surface area (Å²) in [6.45, 7) is 0. The minimum absolute atomic E-state index is 0.0368. The molecule has 2 fully saturated rings. The van der Waals surface area contributed by atoms with Crippen LogP contribution in [-0.4, -0.2) is 38.8 Å². The van der Waals surface area contributed by atoms with Gasteiger partial charge in [0.1, 0.15) is 11.2 Å². The molecule has 268 valence electrons. The summed E-state index contributed by atoms with van der Waals surface area (Å²) in [5.74, 6) is -0.441. The van der Waals surface area contributed by atoms with Crippen molar-refractivity contribution in [2.75, 3.05) is 0 Å². The number of rotatable bonds is 10. The Hall–Kier alpha value is -4.97. The summed E-state index contributed by atoms with van der Waals surface area (Å²) in [4.78, 5) is 40.9. The van der Waals surface area contributed by atoms with Crippen LogP contribution < -0.4 is 0 Å². The van der Waals surface area contributed by atoms with Crippen molar-refractivity contribution in [3.63, 3.8) is 0 Å². The van der Waals surface area contributed by atoms with Crippen LogP contribution in [0, 0.1) is 0 Å². The Kier molecular flexibility index (Phi) is 9.34. The molecule has 0 aliphatic heterocycles. The molecule has 5 aromatic rings. The number of aliphatic hydroxyl groups is 2. The highest BCUT2D eigenvalue weighted by Gasteiger charge is 2.44. The number of carbonyl (C=O) groups is 3. The molecule has 8 rings (SSSR count). The molecule has 3 aliphatic carbocycles. The number of ketones is 3. The Labute approximate surface area is 311 Å². The molecule has 0 bridgehead atoms. The van der Waals surface area contributed by atoms with Gasteiger partial charge in [0.25, 0.3) is 0 Å². The maximum Gasteiger partial charge on any atom is 0.194 e. The second-order valence-electron chi connectivity index (χ2n) is 15.7. The van der Waals surface area contributed by atoms with Crippen molar-refractivity contribution in [1.82, 2.24) is 0 Å². The second kappa shape index (κ2) is 14.1. The molecule has 0 atom stereocenters. The number of hydrogen-bond acceptors (Lipinski definition) is 5. The number of Topliss-reactive ketones (excluding diaryl/α,β-unsaturated/α-hetero) is 2. The highest BCUT2D eigenvalue weighted by atomic mass is 16.3. The Bertz CT molecular complexity index is 2070. The summed E-state index contributed by atoms with van der Waals surface area (Å²) in [6, 6.07) is 39.3. The van der Waals surface area contributed by atoms with Crippen LogP contribution in [0.1, 0.15) is 123 Å². The first kappa shape index (κ1) is 35.1. The summed E-state index contributed by atoms with van der Waals surface area (Å²) in [6.07, 6.45) is 8.68. The zero-order valence-electron chi connectivity index (χ0n) is 30.2. The van der Waals surface area contributed by atoms with Crippen LogP contribution in [0.3, 0.4) is 0 Å². The molecular formula is C48H46O5. The molecule has 5 nitrogen and oxygen atoms in total. The summed E-state index contributed by atoms with van der Waals surface area (Å²) >= 11 is 0. The van der Waals surface area contributed by atoms with Gasteiger partial charge in [-0.05, 0) is 78.0 Å². The number of fused-ring (bicyclic) bond motifs is 3. The predicted octanol–water partition coefficient (Wildman–Crippen LogP) is 9.43. The third-order valence-electron chi connectivity index (χ3n) is 12.2. The molecule has 2 N–H and O–H groups in total. The molecule has 5 heteroatoms. The van der Waals surface area contributed by atoms with Gasteiger partial charge in [-0.2, -0.15) is 0 Å². The van der Waals surface area contributed by atoms with Gasteiger partial charge in [-0.3, -0.25) is 14.4 Å². The third-order valence-corrected chi connectivity index (χ3v) is 12.2. The largest absolute Gasteiger partial charge is 0.382 e. The second-order valence-corrected chi connectivity index (χ2v) is 15.7. The van der Waals surface area contributed by atoms with Gasteiger partial charge in [-0.15, -0.1) is 0 Å². The zero-order valence-corrected chi connectivity index (χ0v) is 30.2. The van der Waals surface area contributed by atoms with E-state index in [9.17, 15) is 24.6 Å². The highest BCUT2D eigenvalue weighted by Crippen LogP contribution is 2.53. The van der Waals surface area contributed by atoms with Gasteiger partial charge in [-0.25, -0.2) is 0 Å². The quantitative estimate of drug-likeness (QED) is 0.142. The summed E-state index contributed by atoms with van der Waals surface area (Å²) in [5.41, 5.74) is 5.62. The van der Waals surface area contributed by atoms with Crippen LogP contribution in [0.15, 0.2) is 121 Å². The molecule has 0 saturated heterocycles. The van der Waals surface area contributed by atoms with E-state index in [0.717, 1.165) is 71.9 Å². The Morgan fingerprint density at radius 3 is 1.43 bits per heavy atom. The van der Waals surface area contributed by atoms with Crippen molar-refractivity contribution < 1.29 is 24.6 Å². The van der Waals surface area contributed by atoms with E-state index in [-0.39, 0.29) is 17.3 Å². The monoisotopic (exact) mass is 702 g/mol. The van der Waals surface area contributed by atoms with Gasteiger partial charge in [0, 0.05) is 27.7 Å². The van der Waals surface area contributed by atoms with Crippen molar-refractivity contribution in [3.8, 4) is 11.1 Å².